The van der Waals surface area contributed by atoms with E-state index in [2.05, 4.69) is 19.9 Å². The summed E-state index contributed by atoms with van der Waals surface area (Å²) in [7, 11) is 0. The van der Waals surface area contributed by atoms with Crippen LogP contribution in [0.15, 0.2) is 51.9 Å². The number of nitrogens with zero attached hydrogens (tertiary/aromatic N) is 3. The third-order valence-electron chi connectivity index (χ3n) is 4.84. The van der Waals surface area contributed by atoms with Gasteiger partial charge in [-0.05, 0) is 45.0 Å². The zero-order chi connectivity index (χ0) is 17.9. The molecule has 1 aromatic carbocycles. The van der Waals surface area contributed by atoms with Crippen LogP contribution in [0, 0.1) is 6.92 Å². The van der Waals surface area contributed by atoms with Crippen molar-refractivity contribution in [3.63, 3.8) is 0 Å². The van der Waals surface area contributed by atoms with Gasteiger partial charge in [-0.2, -0.15) is 0 Å². The standard InChI is InChI=1S/C20H22N4O2/c1-14-21-18(11-19(25)22-14)15-7-9-24(10-8-15)12-17-13-26-20(23-17)16-5-3-2-4-6-16/h2-6,11,13,15H,7-10,12H2,1H3,(H,21,22,25). The van der Waals surface area contributed by atoms with Gasteiger partial charge in [0.25, 0.3) is 5.56 Å². The van der Waals surface area contributed by atoms with Crippen LogP contribution < -0.4 is 5.56 Å². The fraction of sp³-hybridized carbons (Fsp3) is 0.350. The first-order valence-electron chi connectivity index (χ1n) is 8.97. The molecule has 0 amide bonds. The van der Waals surface area contributed by atoms with E-state index in [1.165, 1.54) is 0 Å². The maximum Gasteiger partial charge on any atom is 0.251 e. The van der Waals surface area contributed by atoms with Crippen LogP contribution in [-0.4, -0.2) is 32.9 Å². The highest BCUT2D eigenvalue weighted by atomic mass is 16.3. The van der Waals surface area contributed by atoms with Gasteiger partial charge in [-0.15, -0.1) is 0 Å². The van der Waals surface area contributed by atoms with Gasteiger partial charge < -0.3 is 9.40 Å². The summed E-state index contributed by atoms with van der Waals surface area (Å²) >= 11 is 0. The summed E-state index contributed by atoms with van der Waals surface area (Å²) in [6, 6.07) is 11.6. The molecule has 4 rings (SSSR count). The molecule has 0 aliphatic carbocycles. The quantitative estimate of drug-likeness (QED) is 0.782. The molecule has 6 heteroatoms. The summed E-state index contributed by atoms with van der Waals surface area (Å²) in [4.78, 5) is 25.9. The minimum absolute atomic E-state index is 0.0639. The highest BCUT2D eigenvalue weighted by Crippen LogP contribution is 2.27. The number of piperidine rings is 1. The number of nitrogens with one attached hydrogen (secondary N) is 1. The Labute approximate surface area is 151 Å². The van der Waals surface area contributed by atoms with Crippen LogP contribution in [0.25, 0.3) is 11.5 Å². The molecule has 0 bridgehead atoms. The lowest BCUT2D eigenvalue weighted by Gasteiger charge is -2.31. The lowest BCUT2D eigenvalue weighted by atomic mass is 9.93. The van der Waals surface area contributed by atoms with Gasteiger partial charge >= 0.3 is 0 Å². The van der Waals surface area contributed by atoms with Crippen molar-refractivity contribution in [3.05, 3.63) is 70.2 Å². The van der Waals surface area contributed by atoms with E-state index < -0.39 is 0 Å². The van der Waals surface area contributed by atoms with Crippen molar-refractivity contribution in [2.24, 2.45) is 0 Å². The van der Waals surface area contributed by atoms with Crippen molar-refractivity contribution in [1.82, 2.24) is 19.9 Å². The topological polar surface area (TPSA) is 75.0 Å². The summed E-state index contributed by atoms with van der Waals surface area (Å²) in [5.41, 5.74) is 2.80. The average molecular weight is 350 g/mol. The molecule has 1 aliphatic rings. The van der Waals surface area contributed by atoms with E-state index in [4.69, 9.17) is 4.42 Å². The number of oxazole rings is 1. The molecule has 0 atom stereocenters. The van der Waals surface area contributed by atoms with Crippen molar-refractivity contribution in [2.45, 2.75) is 32.2 Å². The largest absolute Gasteiger partial charge is 0.444 e. The third-order valence-corrected chi connectivity index (χ3v) is 4.84. The number of likely N-dealkylation sites (tertiary alicyclic amines) is 1. The van der Waals surface area contributed by atoms with Crippen molar-refractivity contribution in [2.75, 3.05) is 13.1 Å². The number of H-pyrrole nitrogens is 1. The second-order valence-electron chi connectivity index (χ2n) is 6.82. The van der Waals surface area contributed by atoms with Gasteiger partial charge in [0.1, 0.15) is 12.1 Å². The summed E-state index contributed by atoms with van der Waals surface area (Å²) in [6.45, 7) is 4.54. The molecule has 1 saturated heterocycles. The Morgan fingerprint density at radius 3 is 2.69 bits per heavy atom. The van der Waals surface area contributed by atoms with Crippen molar-refractivity contribution in [1.29, 1.82) is 0 Å². The van der Waals surface area contributed by atoms with E-state index in [9.17, 15) is 4.79 Å². The van der Waals surface area contributed by atoms with Crippen molar-refractivity contribution >= 4 is 0 Å². The molecule has 26 heavy (non-hydrogen) atoms. The van der Waals surface area contributed by atoms with Crippen LogP contribution in [0.1, 0.15) is 36.0 Å². The summed E-state index contributed by atoms with van der Waals surface area (Å²) in [5, 5.41) is 0. The van der Waals surface area contributed by atoms with E-state index in [1.54, 1.807) is 12.3 Å². The van der Waals surface area contributed by atoms with Crippen LogP contribution in [-0.2, 0) is 6.54 Å². The number of aromatic nitrogens is 3. The number of hydrogen-bond donors (Lipinski definition) is 1. The number of rotatable bonds is 4. The number of aryl methyl sites for hydroxylation is 1. The van der Waals surface area contributed by atoms with Gasteiger partial charge in [-0.3, -0.25) is 9.69 Å². The predicted molar refractivity (Wildman–Crippen MR) is 98.8 cm³/mol. The highest BCUT2D eigenvalue weighted by Gasteiger charge is 2.23. The Hall–Kier alpha value is -2.73. The first-order valence-corrected chi connectivity index (χ1v) is 8.97. The van der Waals surface area contributed by atoms with Crippen molar-refractivity contribution < 1.29 is 4.42 Å². The monoisotopic (exact) mass is 350 g/mol. The average Bonchev–Trinajstić information content (AvgIpc) is 3.11. The van der Waals surface area contributed by atoms with Gasteiger partial charge in [0, 0.05) is 24.1 Å². The van der Waals surface area contributed by atoms with E-state index in [-0.39, 0.29) is 5.56 Å². The minimum atomic E-state index is -0.0639. The molecule has 6 nitrogen and oxygen atoms in total. The second kappa shape index (κ2) is 7.25. The fourth-order valence-corrected chi connectivity index (χ4v) is 3.52. The first-order chi connectivity index (χ1) is 12.7. The summed E-state index contributed by atoms with van der Waals surface area (Å²) < 4.78 is 5.62. The zero-order valence-corrected chi connectivity index (χ0v) is 14.8. The molecule has 134 valence electrons. The maximum absolute atomic E-state index is 11.7. The molecule has 1 fully saturated rings. The molecule has 0 unspecified atom stereocenters. The molecular formula is C20H22N4O2. The lowest BCUT2D eigenvalue weighted by Crippen LogP contribution is -2.33. The fourth-order valence-electron chi connectivity index (χ4n) is 3.52. The van der Waals surface area contributed by atoms with Crippen LogP contribution >= 0.6 is 0 Å². The Bertz CT molecular complexity index is 924. The van der Waals surface area contributed by atoms with Gasteiger partial charge in [-0.25, -0.2) is 9.97 Å². The first kappa shape index (κ1) is 16.7. The Morgan fingerprint density at radius 2 is 1.96 bits per heavy atom. The highest BCUT2D eigenvalue weighted by molar-refractivity contribution is 5.52. The molecule has 1 aliphatic heterocycles. The molecule has 3 heterocycles. The molecule has 0 radical (unpaired) electrons. The van der Waals surface area contributed by atoms with E-state index in [1.807, 2.05) is 37.3 Å². The third kappa shape index (κ3) is 3.75. The van der Waals surface area contributed by atoms with E-state index in [0.29, 0.717) is 17.6 Å². The summed E-state index contributed by atoms with van der Waals surface area (Å²) in [6.07, 6.45) is 3.74. The normalized spacial score (nSPS) is 16.0. The molecule has 1 N–H and O–H groups in total. The number of benzene rings is 1. The van der Waals surface area contributed by atoms with Crippen LogP contribution in [0.4, 0.5) is 0 Å². The van der Waals surface area contributed by atoms with Crippen LogP contribution in [0.5, 0.6) is 0 Å². The van der Waals surface area contributed by atoms with E-state index >= 15 is 0 Å². The SMILES string of the molecule is Cc1nc(C2CCN(Cc3coc(-c4ccccc4)n3)CC2)cc(=O)[nH]1. The molecule has 0 saturated carbocycles. The van der Waals surface area contributed by atoms with Gasteiger partial charge in [0.15, 0.2) is 0 Å². The lowest BCUT2D eigenvalue weighted by molar-refractivity contribution is 0.201. The summed E-state index contributed by atoms with van der Waals surface area (Å²) in [5.74, 6) is 1.70. The molecular weight excluding hydrogens is 328 g/mol. The Balaban J connectivity index is 1.37. The van der Waals surface area contributed by atoms with Gasteiger partial charge in [0.05, 0.1) is 11.4 Å². The van der Waals surface area contributed by atoms with Gasteiger partial charge in [0.2, 0.25) is 5.89 Å². The second-order valence-corrected chi connectivity index (χ2v) is 6.82. The van der Waals surface area contributed by atoms with Gasteiger partial charge in [-0.1, -0.05) is 18.2 Å². The maximum atomic E-state index is 11.7. The minimum Gasteiger partial charge on any atom is -0.444 e. The number of aromatic amines is 1. The Morgan fingerprint density at radius 1 is 1.19 bits per heavy atom. The molecule has 0 spiro atoms. The molecule has 3 aromatic rings. The predicted octanol–water partition coefficient (Wildman–Crippen LogP) is 3.11. The Kier molecular flexibility index (Phi) is 4.67. The number of hydrogen-bond acceptors (Lipinski definition) is 5. The smallest absolute Gasteiger partial charge is 0.251 e. The molecule has 2 aromatic heterocycles. The zero-order valence-electron chi connectivity index (χ0n) is 14.8. The van der Waals surface area contributed by atoms with E-state index in [0.717, 1.165) is 49.4 Å². The van der Waals surface area contributed by atoms with Crippen LogP contribution in [0.3, 0.4) is 0 Å². The van der Waals surface area contributed by atoms with Crippen LogP contribution in [0.2, 0.25) is 0 Å². The van der Waals surface area contributed by atoms with Crippen molar-refractivity contribution in [3.8, 4) is 11.5 Å².